The van der Waals surface area contributed by atoms with E-state index in [9.17, 15) is 22.4 Å². The molecule has 30 heavy (non-hydrogen) atoms. The normalized spacial score (nSPS) is 12.6. The quantitative estimate of drug-likeness (QED) is 0.568. The summed E-state index contributed by atoms with van der Waals surface area (Å²) in [5.41, 5.74) is -0.869. The topological polar surface area (TPSA) is 76.8 Å². The lowest BCUT2D eigenvalue weighted by Crippen LogP contribution is -2.37. The van der Waals surface area contributed by atoms with Crippen LogP contribution in [0.4, 0.5) is 17.6 Å². The second-order valence-corrected chi connectivity index (χ2v) is 6.53. The van der Waals surface area contributed by atoms with E-state index in [1.54, 1.807) is 13.0 Å². The number of carbonyl (C=O) groups excluding carboxylic acids is 1. The second-order valence-electron chi connectivity index (χ2n) is 6.53. The molecular formula is C19H18F4N6O. The van der Waals surface area contributed by atoms with Crippen LogP contribution in [0.2, 0.25) is 0 Å². The van der Waals surface area contributed by atoms with Gasteiger partial charge in [0.05, 0.1) is 18.2 Å². The predicted molar refractivity (Wildman–Crippen MR) is 98.6 cm³/mol. The fraction of sp³-hybridized carbons (Fsp3) is 0.316. The second kappa shape index (κ2) is 8.56. The van der Waals surface area contributed by atoms with Crippen molar-refractivity contribution < 1.29 is 22.4 Å². The summed E-state index contributed by atoms with van der Waals surface area (Å²) in [6.45, 7) is 1.82. The molecule has 7 nitrogen and oxygen atoms in total. The maximum atomic E-state index is 13.3. The van der Waals surface area contributed by atoms with Gasteiger partial charge in [0.2, 0.25) is 0 Å². The average Bonchev–Trinajstić information content (AvgIpc) is 3.20. The third-order valence-corrected chi connectivity index (χ3v) is 4.39. The van der Waals surface area contributed by atoms with Crippen LogP contribution < -0.4 is 0 Å². The molecule has 0 radical (unpaired) electrons. The largest absolute Gasteiger partial charge is 0.416 e. The van der Waals surface area contributed by atoms with Crippen LogP contribution in [-0.4, -0.2) is 48.8 Å². The number of alkyl halides is 4. The van der Waals surface area contributed by atoms with E-state index >= 15 is 0 Å². The van der Waals surface area contributed by atoms with Crippen LogP contribution in [-0.2, 0) is 6.18 Å². The van der Waals surface area contributed by atoms with E-state index in [1.165, 1.54) is 36.4 Å². The monoisotopic (exact) mass is 422 g/mol. The predicted octanol–water partition coefficient (Wildman–Crippen LogP) is 3.56. The number of amides is 1. The highest BCUT2D eigenvalue weighted by Gasteiger charge is 2.33. The molecule has 1 atom stereocenters. The van der Waals surface area contributed by atoms with Gasteiger partial charge in [-0.2, -0.15) is 23.0 Å². The number of rotatable bonds is 6. The number of hydrogen-bond acceptors (Lipinski definition) is 5. The lowest BCUT2D eigenvalue weighted by Gasteiger charge is -2.28. The van der Waals surface area contributed by atoms with Gasteiger partial charge in [-0.25, -0.2) is 19.3 Å². The Kier molecular flexibility index (Phi) is 6.09. The molecular weight excluding hydrogens is 404 g/mol. The standard InChI is InChI=1S/C19H18F4N6O/c1-12-8-14(10-15(9-12)19(21,22)23)17(30)28(7-4-20)13(2)16-26-11-27-29(16)18-24-5-3-6-25-18/h3,5-6,8-11,13H,4,7H2,1-2H3. The van der Waals surface area contributed by atoms with Crippen LogP contribution in [0.5, 0.6) is 0 Å². The van der Waals surface area contributed by atoms with Crippen molar-refractivity contribution in [3.05, 3.63) is 65.5 Å². The Hall–Kier alpha value is -3.37. The van der Waals surface area contributed by atoms with E-state index in [0.29, 0.717) is 0 Å². The molecule has 1 unspecified atom stereocenters. The molecule has 0 N–H and O–H groups in total. The zero-order valence-corrected chi connectivity index (χ0v) is 16.1. The number of aromatic nitrogens is 5. The maximum absolute atomic E-state index is 13.3. The van der Waals surface area contributed by atoms with Crippen molar-refractivity contribution in [2.75, 3.05) is 13.2 Å². The van der Waals surface area contributed by atoms with Crippen molar-refractivity contribution >= 4 is 5.91 Å². The number of nitrogens with zero attached hydrogens (tertiary/aromatic N) is 6. The Bertz CT molecular complexity index is 1020. The number of carbonyl (C=O) groups is 1. The first-order chi connectivity index (χ1) is 14.2. The van der Waals surface area contributed by atoms with Gasteiger partial charge < -0.3 is 4.90 Å². The van der Waals surface area contributed by atoms with Gasteiger partial charge in [-0.05, 0) is 43.7 Å². The van der Waals surface area contributed by atoms with Crippen LogP contribution in [0, 0.1) is 6.92 Å². The summed E-state index contributed by atoms with van der Waals surface area (Å²) >= 11 is 0. The molecule has 0 aliphatic rings. The zero-order chi connectivity index (χ0) is 21.9. The van der Waals surface area contributed by atoms with Crippen LogP contribution in [0.25, 0.3) is 5.95 Å². The van der Waals surface area contributed by atoms with Gasteiger partial charge in [0, 0.05) is 18.0 Å². The highest BCUT2D eigenvalue weighted by Crippen LogP contribution is 2.31. The molecule has 1 aromatic carbocycles. The van der Waals surface area contributed by atoms with E-state index < -0.39 is 30.4 Å². The summed E-state index contributed by atoms with van der Waals surface area (Å²) < 4.78 is 54.0. The minimum Gasteiger partial charge on any atom is -0.326 e. The Morgan fingerprint density at radius 2 is 1.87 bits per heavy atom. The molecule has 158 valence electrons. The van der Waals surface area contributed by atoms with Crippen molar-refractivity contribution in [3.8, 4) is 5.95 Å². The van der Waals surface area contributed by atoms with Gasteiger partial charge in [0.15, 0.2) is 5.82 Å². The molecule has 0 saturated heterocycles. The molecule has 2 heterocycles. The van der Waals surface area contributed by atoms with E-state index in [1.807, 2.05) is 0 Å². The molecule has 0 spiro atoms. The number of halogens is 4. The van der Waals surface area contributed by atoms with Gasteiger partial charge in [0.1, 0.15) is 13.0 Å². The van der Waals surface area contributed by atoms with Gasteiger partial charge in [-0.1, -0.05) is 0 Å². The lowest BCUT2D eigenvalue weighted by atomic mass is 10.0. The van der Waals surface area contributed by atoms with Crippen molar-refractivity contribution in [3.63, 3.8) is 0 Å². The highest BCUT2D eigenvalue weighted by molar-refractivity contribution is 5.95. The Morgan fingerprint density at radius 1 is 1.17 bits per heavy atom. The molecule has 3 rings (SSSR count). The van der Waals surface area contributed by atoms with E-state index in [-0.39, 0.29) is 29.4 Å². The van der Waals surface area contributed by atoms with Gasteiger partial charge in [-0.15, -0.1) is 0 Å². The SMILES string of the molecule is Cc1cc(C(=O)N(CCF)C(C)c2ncnn2-c2ncccn2)cc(C(F)(F)F)c1. The van der Waals surface area contributed by atoms with Crippen LogP contribution in [0.3, 0.4) is 0 Å². The minimum atomic E-state index is -4.61. The summed E-state index contributed by atoms with van der Waals surface area (Å²) in [6.07, 6.45) is -0.389. The molecule has 0 fully saturated rings. The zero-order valence-electron chi connectivity index (χ0n) is 16.1. The Labute approximate surface area is 169 Å². The Balaban J connectivity index is 1.98. The summed E-state index contributed by atoms with van der Waals surface area (Å²) in [5, 5.41) is 4.04. The van der Waals surface area contributed by atoms with E-state index in [0.717, 1.165) is 17.0 Å². The molecule has 0 aliphatic carbocycles. The third-order valence-electron chi connectivity index (χ3n) is 4.39. The van der Waals surface area contributed by atoms with Gasteiger partial charge >= 0.3 is 6.18 Å². The lowest BCUT2D eigenvalue weighted by molar-refractivity contribution is -0.137. The fourth-order valence-corrected chi connectivity index (χ4v) is 3.03. The molecule has 0 saturated carbocycles. The number of aryl methyl sites for hydroxylation is 1. The first-order valence-corrected chi connectivity index (χ1v) is 8.95. The van der Waals surface area contributed by atoms with Gasteiger partial charge in [-0.3, -0.25) is 4.79 Å². The summed E-state index contributed by atoms with van der Waals surface area (Å²) in [5.74, 6) is -0.316. The minimum absolute atomic E-state index is 0.190. The van der Waals surface area contributed by atoms with E-state index in [4.69, 9.17) is 0 Å². The molecule has 2 aromatic heterocycles. The number of benzene rings is 1. The summed E-state index contributed by atoms with van der Waals surface area (Å²) in [4.78, 5) is 26.4. The highest BCUT2D eigenvalue weighted by atomic mass is 19.4. The first-order valence-electron chi connectivity index (χ1n) is 8.95. The van der Waals surface area contributed by atoms with Crippen LogP contribution >= 0.6 is 0 Å². The van der Waals surface area contributed by atoms with Crippen LogP contribution in [0.15, 0.2) is 43.0 Å². The third kappa shape index (κ3) is 4.44. The summed E-state index contributed by atoms with van der Waals surface area (Å²) in [7, 11) is 0. The molecule has 11 heteroatoms. The van der Waals surface area contributed by atoms with Crippen LogP contribution in [0.1, 0.15) is 40.3 Å². The molecule has 3 aromatic rings. The van der Waals surface area contributed by atoms with Crippen molar-refractivity contribution in [1.29, 1.82) is 0 Å². The number of hydrogen-bond donors (Lipinski definition) is 0. The molecule has 0 bridgehead atoms. The van der Waals surface area contributed by atoms with Crippen molar-refractivity contribution in [1.82, 2.24) is 29.6 Å². The molecule has 0 aliphatic heterocycles. The van der Waals surface area contributed by atoms with Gasteiger partial charge in [0.25, 0.3) is 11.9 Å². The Morgan fingerprint density at radius 3 is 2.50 bits per heavy atom. The maximum Gasteiger partial charge on any atom is 0.416 e. The first kappa shape index (κ1) is 21.3. The van der Waals surface area contributed by atoms with Crippen molar-refractivity contribution in [2.24, 2.45) is 0 Å². The molecule has 1 amide bonds. The van der Waals surface area contributed by atoms with Crippen molar-refractivity contribution in [2.45, 2.75) is 26.1 Å². The fourth-order valence-electron chi connectivity index (χ4n) is 3.03. The summed E-state index contributed by atoms with van der Waals surface area (Å²) in [6, 6.07) is 3.84. The van der Waals surface area contributed by atoms with E-state index in [2.05, 4.69) is 20.1 Å². The average molecular weight is 422 g/mol. The smallest absolute Gasteiger partial charge is 0.326 e.